The first-order valence-corrected chi connectivity index (χ1v) is 10.6. The summed E-state index contributed by atoms with van der Waals surface area (Å²) >= 11 is 0. The highest BCUT2D eigenvalue weighted by Gasteiger charge is 2.05. The monoisotopic (exact) mass is 358 g/mol. The topological polar surface area (TPSA) is 66.8 Å². The lowest BCUT2D eigenvalue weighted by molar-refractivity contribution is -0.146. The smallest absolute Gasteiger partial charge is 0.305 e. The van der Waals surface area contributed by atoms with Crippen LogP contribution in [0.2, 0.25) is 0 Å². The summed E-state index contributed by atoms with van der Waals surface area (Å²) < 4.78 is 4.92. The van der Waals surface area contributed by atoms with Crippen LogP contribution in [0.5, 0.6) is 0 Å². The van der Waals surface area contributed by atoms with Crippen LogP contribution < -0.4 is 0 Å². The molecule has 0 fully saturated rings. The lowest BCUT2D eigenvalue weighted by Crippen LogP contribution is -2.14. The highest BCUT2D eigenvalue weighted by molar-refractivity contribution is 5.69. The van der Waals surface area contributed by atoms with E-state index in [1.165, 1.54) is 57.8 Å². The predicted octanol–water partition coefficient (Wildman–Crippen LogP) is 5.14. The normalized spacial score (nSPS) is 13.6. The Morgan fingerprint density at radius 3 is 1.80 bits per heavy atom. The molecule has 25 heavy (non-hydrogen) atoms. The number of esters is 1. The van der Waals surface area contributed by atoms with Crippen LogP contribution in [-0.4, -0.2) is 35.0 Å². The van der Waals surface area contributed by atoms with E-state index in [4.69, 9.17) is 9.84 Å². The lowest BCUT2D eigenvalue weighted by Gasteiger charge is -2.10. The molecule has 0 rings (SSSR count). The van der Waals surface area contributed by atoms with Gasteiger partial charge in [-0.05, 0) is 26.2 Å². The van der Waals surface area contributed by atoms with Crippen molar-refractivity contribution in [2.75, 3.05) is 6.61 Å². The molecule has 150 valence electrons. The molecule has 0 heterocycles. The van der Waals surface area contributed by atoms with Crippen LogP contribution in [0.15, 0.2) is 0 Å². The Hall–Kier alpha value is -0.610. The molecule has 0 aliphatic rings. The molecule has 0 unspecified atom stereocenters. The van der Waals surface area contributed by atoms with Gasteiger partial charge in [-0.15, -0.1) is 0 Å². The van der Waals surface area contributed by atoms with Gasteiger partial charge in [-0.3, -0.25) is 4.79 Å². The fraction of sp³-hybridized carbons (Fsp3) is 0.952. The zero-order valence-corrected chi connectivity index (χ0v) is 16.7. The van der Waals surface area contributed by atoms with Gasteiger partial charge < -0.3 is 14.9 Å². The molecule has 0 radical (unpaired) electrons. The van der Waals surface area contributed by atoms with Crippen molar-refractivity contribution >= 4 is 5.97 Å². The number of aliphatic hydroxyl groups is 2. The highest BCUT2D eigenvalue weighted by atomic mass is 16.5. The molecule has 2 N–H and O–H groups in total. The van der Waals surface area contributed by atoms with Crippen molar-refractivity contribution in [2.24, 2.45) is 0 Å². The second-order valence-corrected chi connectivity index (χ2v) is 7.40. The number of carbonyl (C=O) groups excluding carboxylic acids is 1. The van der Waals surface area contributed by atoms with E-state index in [1.54, 1.807) is 6.92 Å². The van der Waals surface area contributed by atoms with E-state index >= 15 is 0 Å². The second-order valence-electron chi connectivity index (χ2n) is 7.40. The second kappa shape index (κ2) is 18.2. The number of hydrogen-bond acceptors (Lipinski definition) is 4. The molecule has 4 heteroatoms. The maximum Gasteiger partial charge on any atom is 0.305 e. The van der Waals surface area contributed by atoms with Gasteiger partial charge in [0.1, 0.15) is 6.61 Å². The summed E-state index contributed by atoms with van der Waals surface area (Å²) in [6.45, 7) is 3.93. The maximum atomic E-state index is 11.4. The van der Waals surface area contributed by atoms with E-state index in [0.29, 0.717) is 6.42 Å². The summed E-state index contributed by atoms with van der Waals surface area (Å²) in [4.78, 5) is 11.4. The third-order valence-electron chi connectivity index (χ3n) is 4.54. The van der Waals surface area contributed by atoms with E-state index in [1.807, 2.05) is 0 Å². The molecular formula is C21H42O4. The van der Waals surface area contributed by atoms with Crippen molar-refractivity contribution in [1.29, 1.82) is 0 Å². The average Bonchev–Trinajstić information content (AvgIpc) is 2.58. The maximum absolute atomic E-state index is 11.4. The van der Waals surface area contributed by atoms with Gasteiger partial charge in [0, 0.05) is 6.42 Å². The molecule has 0 aliphatic heterocycles. The number of ether oxygens (including phenoxy) is 1. The SMILES string of the molecule is CCCCCC[C@H](O)CCCCCCCCCCC(=O)OC[C@H](C)O. The largest absolute Gasteiger partial charge is 0.463 e. The number of unbranched alkanes of at least 4 members (excludes halogenated alkanes) is 10. The summed E-state index contributed by atoms with van der Waals surface area (Å²) in [5.41, 5.74) is 0. The van der Waals surface area contributed by atoms with Crippen LogP contribution >= 0.6 is 0 Å². The van der Waals surface area contributed by atoms with Gasteiger partial charge in [0.15, 0.2) is 0 Å². The minimum absolute atomic E-state index is 0.0922. The highest BCUT2D eigenvalue weighted by Crippen LogP contribution is 2.14. The van der Waals surface area contributed by atoms with E-state index < -0.39 is 6.10 Å². The van der Waals surface area contributed by atoms with Gasteiger partial charge in [0.25, 0.3) is 0 Å². The van der Waals surface area contributed by atoms with Crippen molar-refractivity contribution < 1.29 is 19.7 Å². The molecule has 2 atom stereocenters. The first-order chi connectivity index (χ1) is 12.1. The number of rotatable bonds is 18. The quantitative estimate of drug-likeness (QED) is 0.263. The molecule has 0 saturated heterocycles. The molecule has 0 aromatic heterocycles. The van der Waals surface area contributed by atoms with Gasteiger partial charge in [0.2, 0.25) is 0 Å². The zero-order valence-electron chi connectivity index (χ0n) is 16.7. The molecule has 4 nitrogen and oxygen atoms in total. The standard InChI is InChI=1S/C21H42O4/c1-3-4-5-12-15-20(23)16-13-10-8-6-7-9-11-14-17-21(24)25-18-19(2)22/h19-20,22-23H,3-18H2,1-2H3/t19-,20-/m0/s1. The van der Waals surface area contributed by atoms with E-state index in [9.17, 15) is 9.90 Å². The van der Waals surface area contributed by atoms with E-state index in [0.717, 1.165) is 32.1 Å². The van der Waals surface area contributed by atoms with Crippen LogP contribution in [0.25, 0.3) is 0 Å². The Balaban J connectivity index is 3.22. The van der Waals surface area contributed by atoms with E-state index in [2.05, 4.69) is 6.92 Å². The molecule has 0 spiro atoms. The van der Waals surface area contributed by atoms with Gasteiger partial charge in [-0.2, -0.15) is 0 Å². The van der Waals surface area contributed by atoms with Crippen molar-refractivity contribution in [3.63, 3.8) is 0 Å². The Bertz CT molecular complexity index is 292. The zero-order chi connectivity index (χ0) is 18.8. The average molecular weight is 359 g/mol. The summed E-state index contributed by atoms with van der Waals surface area (Å²) in [6.07, 6.45) is 15.9. The molecular weight excluding hydrogens is 316 g/mol. The summed E-state index contributed by atoms with van der Waals surface area (Å²) in [5, 5.41) is 18.9. The van der Waals surface area contributed by atoms with Crippen molar-refractivity contribution in [2.45, 2.75) is 122 Å². The third kappa shape index (κ3) is 19.6. The van der Waals surface area contributed by atoms with Crippen LogP contribution in [-0.2, 0) is 9.53 Å². The lowest BCUT2D eigenvalue weighted by atomic mass is 10.0. The molecule has 0 saturated carbocycles. The summed E-state index contributed by atoms with van der Waals surface area (Å²) in [7, 11) is 0. The summed E-state index contributed by atoms with van der Waals surface area (Å²) in [6, 6.07) is 0. The van der Waals surface area contributed by atoms with Crippen molar-refractivity contribution in [3.05, 3.63) is 0 Å². The van der Waals surface area contributed by atoms with Crippen LogP contribution in [0.3, 0.4) is 0 Å². The first-order valence-electron chi connectivity index (χ1n) is 10.6. The Kier molecular flexibility index (Phi) is 17.7. The fourth-order valence-electron chi connectivity index (χ4n) is 2.95. The Morgan fingerprint density at radius 1 is 0.800 bits per heavy atom. The minimum Gasteiger partial charge on any atom is -0.463 e. The Labute approximate surface area is 155 Å². The third-order valence-corrected chi connectivity index (χ3v) is 4.54. The first kappa shape index (κ1) is 24.4. The van der Waals surface area contributed by atoms with Gasteiger partial charge in [-0.25, -0.2) is 0 Å². The van der Waals surface area contributed by atoms with Crippen LogP contribution in [0.4, 0.5) is 0 Å². The van der Waals surface area contributed by atoms with Gasteiger partial charge in [0.05, 0.1) is 12.2 Å². The minimum atomic E-state index is -0.578. The molecule has 0 aliphatic carbocycles. The van der Waals surface area contributed by atoms with E-state index in [-0.39, 0.29) is 18.7 Å². The number of carbonyl (C=O) groups is 1. The molecule has 0 aromatic carbocycles. The van der Waals surface area contributed by atoms with Gasteiger partial charge >= 0.3 is 5.97 Å². The molecule has 0 aromatic rings. The molecule has 0 bridgehead atoms. The molecule has 0 amide bonds. The number of aliphatic hydroxyl groups excluding tert-OH is 2. The van der Waals surface area contributed by atoms with Gasteiger partial charge in [-0.1, -0.05) is 77.6 Å². The predicted molar refractivity (Wildman–Crippen MR) is 104 cm³/mol. The van der Waals surface area contributed by atoms with Crippen LogP contribution in [0.1, 0.15) is 110 Å². The summed E-state index contributed by atoms with van der Waals surface area (Å²) in [5.74, 6) is -0.200. The Morgan fingerprint density at radius 2 is 1.28 bits per heavy atom. The van der Waals surface area contributed by atoms with Crippen molar-refractivity contribution in [1.82, 2.24) is 0 Å². The number of hydrogen-bond donors (Lipinski definition) is 2. The van der Waals surface area contributed by atoms with Crippen molar-refractivity contribution in [3.8, 4) is 0 Å². The fourth-order valence-corrected chi connectivity index (χ4v) is 2.95. The van der Waals surface area contributed by atoms with Crippen LogP contribution in [0, 0.1) is 0 Å².